The maximum atomic E-state index is 17.1. The summed E-state index contributed by atoms with van der Waals surface area (Å²) >= 11 is 0. The van der Waals surface area contributed by atoms with E-state index in [4.69, 9.17) is 28.1 Å². The number of benzene rings is 4. The molecule has 4 atom stereocenters. The molecule has 1 N–H and O–H groups in total. The Morgan fingerprint density at radius 2 is 0.960 bits per heavy atom. The van der Waals surface area contributed by atoms with E-state index in [0.717, 1.165) is 66.7 Å². The lowest BCUT2D eigenvalue weighted by Gasteiger charge is -2.39. The highest BCUT2D eigenvalue weighted by atomic mass is 28.4. The molecule has 25 heteroatoms. The summed E-state index contributed by atoms with van der Waals surface area (Å²) in [6.07, 6.45) is -0.667. The van der Waals surface area contributed by atoms with Crippen molar-refractivity contribution in [3.8, 4) is 11.5 Å². The van der Waals surface area contributed by atoms with Crippen molar-refractivity contribution in [1.29, 1.82) is 0 Å². The minimum Gasteiger partial charge on any atom is -0.497 e. The molecule has 2 saturated carbocycles. The van der Waals surface area contributed by atoms with Gasteiger partial charge in [-0.2, -0.15) is 26.3 Å². The molecule has 8 fully saturated rings. The normalized spacial score (nSPS) is 24.2. The second-order valence-corrected chi connectivity index (χ2v) is 33.4. The van der Waals surface area contributed by atoms with Crippen LogP contribution in [0.3, 0.4) is 0 Å². The van der Waals surface area contributed by atoms with Crippen LogP contribution >= 0.6 is 0 Å². The topological polar surface area (TPSA) is 152 Å². The predicted octanol–water partition coefficient (Wildman–Crippen LogP) is 13.8. The van der Waals surface area contributed by atoms with Crippen LogP contribution in [0.25, 0.3) is 0 Å². The van der Waals surface area contributed by atoms with Crippen molar-refractivity contribution in [1.82, 2.24) is 20.0 Å². The summed E-state index contributed by atoms with van der Waals surface area (Å²) in [4.78, 5) is 61.2. The SMILES string of the molecule is CCOC(=O)C1CCN(c2cc(C(F)(F)F)ccc2C2CCN(C(=O)[C@]3(F)CN(C4CC4)C[C@H]3c3ccc(OC)cc3)CC2)CC1.CCOC(=O)C1CCN(c2cc(C(F)(F)F)ccc2C2CCN(C(=O)[C@]3(F)CNC[C@H]3c3ccc(OC)cc3)CC2)CC1.CCOC1(O[Si](C)(C)C)CC1. The smallest absolute Gasteiger partial charge is 0.416 e. The number of carbonyl (C=O) groups excluding carboxylic acids is 4. The van der Waals surface area contributed by atoms with Crippen LogP contribution in [0.15, 0.2) is 84.9 Å². The molecular weight excluding hydrogens is 1320 g/mol. The quantitative estimate of drug-likeness (QED) is 0.0410. The molecule has 8 aliphatic rings. The van der Waals surface area contributed by atoms with Gasteiger partial charge in [-0.25, -0.2) is 8.78 Å². The van der Waals surface area contributed by atoms with Crippen LogP contribution in [0, 0.1) is 11.8 Å². The van der Waals surface area contributed by atoms with E-state index in [0.29, 0.717) is 159 Å². The Morgan fingerprint density at radius 3 is 1.33 bits per heavy atom. The largest absolute Gasteiger partial charge is 0.497 e. The minimum atomic E-state index is -4.49. The third-order valence-electron chi connectivity index (χ3n) is 21.1. The lowest BCUT2D eigenvalue weighted by Crippen LogP contribution is -2.52. The Hall–Kier alpha value is -6.54. The fourth-order valence-electron chi connectivity index (χ4n) is 15.5. The zero-order valence-electron chi connectivity index (χ0n) is 59.1. The predicted molar refractivity (Wildman–Crippen MR) is 368 cm³/mol. The zero-order valence-corrected chi connectivity index (χ0v) is 60.1. The van der Waals surface area contributed by atoms with E-state index in [2.05, 4.69) is 29.9 Å². The molecule has 6 heterocycles. The molecule has 6 saturated heterocycles. The van der Waals surface area contributed by atoms with Gasteiger partial charge in [0.05, 0.1) is 50.4 Å². The highest BCUT2D eigenvalue weighted by molar-refractivity contribution is 6.69. The number of alkyl halides is 8. The fourth-order valence-corrected chi connectivity index (χ4v) is 16.9. The number of ether oxygens (including phenoxy) is 5. The Balaban J connectivity index is 0.000000188. The summed E-state index contributed by atoms with van der Waals surface area (Å²) in [5.74, 6) is -2.32. The number of nitrogens with zero attached hydrogens (tertiary/aromatic N) is 5. The summed E-state index contributed by atoms with van der Waals surface area (Å²) in [6, 6.07) is 22.5. The van der Waals surface area contributed by atoms with Crippen LogP contribution in [-0.2, 0) is 50.2 Å². The third-order valence-corrected chi connectivity index (χ3v) is 22.1. The molecule has 0 bridgehead atoms. The van der Waals surface area contributed by atoms with Crippen molar-refractivity contribution in [3.63, 3.8) is 0 Å². The van der Waals surface area contributed by atoms with Gasteiger partial charge in [-0.05, 0) is 187 Å². The molecule has 0 unspecified atom stereocenters. The second kappa shape index (κ2) is 32.0. The van der Waals surface area contributed by atoms with E-state index in [1.54, 1.807) is 86.4 Å². The number of piperidine rings is 4. The number of esters is 2. The monoisotopic (exact) mass is 1420 g/mol. The number of methoxy groups -OCH3 is 2. The van der Waals surface area contributed by atoms with E-state index >= 15 is 8.78 Å². The van der Waals surface area contributed by atoms with Crippen LogP contribution in [0.5, 0.6) is 11.5 Å². The number of halogens is 8. The number of nitrogens with one attached hydrogen (secondary N) is 1. The fraction of sp³-hybridized carbons (Fsp3) is 0.627. The molecule has 0 spiro atoms. The van der Waals surface area contributed by atoms with Gasteiger partial charge in [0.2, 0.25) is 11.3 Å². The van der Waals surface area contributed by atoms with E-state index in [1.165, 1.54) is 12.1 Å². The van der Waals surface area contributed by atoms with Gasteiger partial charge in [0, 0.05) is 127 Å². The lowest BCUT2D eigenvalue weighted by molar-refractivity contribution is -0.149. The minimum absolute atomic E-state index is 0.0674. The summed E-state index contributed by atoms with van der Waals surface area (Å²) < 4.78 is 148. The van der Waals surface area contributed by atoms with Gasteiger partial charge >= 0.3 is 24.3 Å². The average Bonchev–Trinajstić information content (AvgIpc) is 1.55. The molecule has 0 aromatic heterocycles. The lowest BCUT2D eigenvalue weighted by atomic mass is 9.83. The second-order valence-electron chi connectivity index (χ2n) is 28.9. The molecular formula is C75H100F8N6O10Si. The van der Waals surface area contributed by atoms with Gasteiger partial charge in [-0.1, -0.05) is 36.4 Å². The van der Waals surface area contributed by atoms with Crippen molar-refractivity contribution in [2.24, 2.45) is 11.8 Å². The highest BCUT2D eigenvalue weighted by Gasteiger charge is 2.58. The maximum absolute atomic E-state index is 17.1. The molecule has 2 aliphatic carbocycles. The van der Waals surface area contributed by atoms with E-state index in [9.17, 15) is 45.5 Å². The van der Waals surface area contributed by atoms with Gasteiger partial charge in [0.25, 0.3) is 11.8 Å². The Bertz CT molecular complexity index is 3410. The van der Waals surface area contributed by atoms with Gasteiger partial charge in [0.1, 0.15) is 11.5 Å². The van der Waals surface area contributed by atoms with Crippen molar-refractivity contribution in [2.75, 3.05) is 122 Å². The van der Waals surface area contributed by atoms with Crippen LogP contribution in [0.1, 0.15) is 155 Å². The molecule has 16 nitrogen and oxygen atoms in total. The number of carbonyl (C=O) groups is 4. The van der Waals surface area contributed by atoms with Crippen LogP contribution < -0.4 is 24.6 Å². The standard InChI is InChI=1S/C35H43F4N3O4.C32H39F4N3O4.C8H18O2Si/c1-3-46-32(43)25-14-16-40(17-15-25)31-20-26(35(37,38)39)6-11-29(31)23-12-18-41(19-13-23)33(44)34(36)22-42(27-7-8-27)21-30(34)24-4-9-28(45-2)10-5-24;1-3-43-29(40)23-12-14-38(15-13-23)28-18-24(32(34,35)36)6-9-26(28)21-10-16-39(17-11-21)30(41)31(33)20-37-19-27(31)22-4-7-25(42-2)8-5-22;1-5-9-8(6-7-8)10-11(2,3)4/h4-6,9-11,20,23,25,27,30H,3,7-8,12-19,21-22H2,1-2H3;4-9,18,21,23,27,37H,3,10-17,19-20H2,1-2H3;5-7H2,1-4H3/t30-,34-;27-,31-;/m00./s1. The number of hydrogen-bond donors (Lipinski definition) is 1. The molecule has 100 heavy (non-hydrogen) atoms. The number of hydrogen-bond acceptors (Lipinski definition) is 14. The van der Waals surface area contributed by atoms with Crippen molar-refractivity contribution in [3.05, 3.63) is 118 Å². The molecule has 4 aromatic carbocycles. The first-order valence-corrected chi connectivity index (χ1v) is 39.2. The number of rotatable bonds is 19. The Labute approximate surface area is 584 Å². The summed E-state index contributed by atoms with van der Waals surface area (Å²) in [6.45, 7) is 17.4. The average molecular weight is 1430 g/mol. The Kier molecular flexibility index (Phi) is 24.4. The summed E-state index contributed by atoms with van der Waals surface area (Å²) in [5.41, 5.74) is -1.45. The molecule has 2 amide bonds. The van der Waals surface area contributed by atoms with Gasteiger partial charge in [-0.15, -0.1) is 0 Å². The van der Waals surface area contributed by atoms with E-state index in [1.807, 2.05) is 28.9 Å². The van der Waals surface area contributed by atoms with Gasteiger partial charge < -0.3 is 53.0 Å². The number of likely N-dealkylation sites (tertiary alicyclic amines) is 3. The molecule has 4 aromatic rings. The molecule has 12 rings (SSSR count). The molecule has 0 radical (unpaired) electrons. The van der Waals surface area contributed by atoms with Gasteiger partial charge in [-0.3, -0.25) is 24.1 Å². The summed E-state index contributed by atoms with van der Waals surface area (Å²) in [5, 5.41) is 3.04. The van der Waals surface area contributed by atoms with Crippen molar-refractivity contribution >= 4 is 43.4 Å². The van der Waals surface area contributed by atoms with Crippen LogP contribution in [-0.4, -0.2) is 183 Å². The first-order valence-electron chi connectivity index (χ1n) is 35.8. The maximum Gasteiger partial charge on any atom is 0.416 e. The van der Waals surface area contributed by atoms with Crippen LogP contribution in [0.4, 0.5) is 46.5 Å². The molecule has 6 aliphatic heterocycles. The first kappa shape index (κ1) is 76.1. The van der Waals surface area contributed by atoms with E-state index in [-0.39, 0.29) is 54.5 Å². The van der Waals surface area contributed by atoms with Crippen molar-refractivity contribution in [2.45, 2.75) is 177 Å². The summed E-state index contributed by atoms with van der Waals surface area (Å²) in [7, 11) is 1.74. The highest BCUT2D eigenvalue weighted by Crippen LogP contribution is 2.49. The third kappa shape index (κ3) is 18.1. The Morgan fingerprint density at radius 1 is 0.540 bits per heavy atom. The molecule has 550 valence electrons. The van der Waals surface area contributed by atoms with E-state index < -0.39 is 66.8 Å². The zero-order chi connectivity index (χ0) is 72.0. The van der Waals surface area contributed by atoms with Gasteiger partial charge in [0.15, 0.2) is 14.1 Å². The first-order chi connectivity index (χ1) is 47.5. The number of anilines is 2. The van der Waals surface area contributed by atoms with Crippen molar-refractivity contribution < 1.29 is 82.4 Å². The van der Waals surface area contributed by atoms with Crippen LogP contribution in [0.2, 0.25) is 19.6 Å². The number of amides is 2.